The van der Waals surface area contributed by atoms with Crippen LogP contribution < -0.4 is 9.46 Å². The summed E-state index contributed by atoms with van der Waals surface area (Å²) in [4.78, 5) is 7.35. The lowest BCUT2D eigenvalue weighted by Gasteiger charge is -2.27. The van der Waals surface area contributed by atoms with Gasteiger partial charge < -0.3 is 9.72 Å². The van der Waals surface area contributed by atoms with Crippen LogP contribution in [0.2, 0.25) is 0 Å². The maximum atomic E-state index is 11.7. The molecule has 1 atom stereocenters. The van der Waals surface area contributed by atoms with Crippen LogP contribution in [0.3, 0.4) is 0 Å². The van der Waals surface area contributed by atoms with Gasteiger partial charge in [0.15, 0.2) is 0 Å². The van der Waals surface area contributed by atoms with E-state index in [1.54, 1.807) is 13.4 Å². The van der Waals surface area contributed by atoms with Gasteiger partial charge in [-0.15, -0.1) is 12.4 Å². The minimum atomic E-state index is -3.37. The normalized spacial score (nSPS) is 17.0. The van der Waals surface area contributed by atoms with Gasteiger partial charge in [-0.3, -0.25) is 4.72 Å². The molecule has 1 aromatic heterocycles. The highest BCUT2D eigenvalue weighted by atomic mass is 35.5. The third kappa shape index (κ3) is 3.61. The summed E-state index contributed by atoms with van der Waals surface area (Å²) >= 11 is 0. The van der Waals surface area contributed by atoms with Gasteiger partial charge in [0.05, 0.1) is 31.1 Å². The van der Waals surface area contributed by atoms with Crippen molar-refractivity contribution in [1.29, 1.82) is 0 Å². The molecular formula is C15H20ClN3O3S. The van der Waals surface area contributed by atoms with Crippen molar-refractivity contribution in [2.45, 2.75) is 25.2 Å². The molecule has 0 radical (unpaired) electrons. The molecule has 0 fully saturated rings. The van der Waals surface area contributed by atoms with Gasteiger partial charge in [0, 0.05) is 12.1 Å². The molecule has 0 saturated heterocycles. The topological polar surface area (TPSA) is 84.1 Å². The van der Waals surface area contributed by atoms with Gasteiger partial charge in [-0.25, -0.2) is 13.4 Å². The zero-order valence-electron chi connectivity index (χ0n) is 13.0. The molecule has 1 aliphatic rings. The molecule has 0 aliphatic heterocycles. The number of sulfonamides is 1. The van der Waals surface area contributed by atoms with Crippen molar-refractivity contribution < 1.29 is 13.2 Å². The third-order valence-electron chi connectivity index (χ3n) is 3.99. The van der Waals surface area contributed by atoms with Gasteiger partial charge in [-0.2, -0.15) is 0 Å². The van der Waals surface area contributed by atoms with E-state index in [1.807, 2.05) is 18.3 Å². The summed E-state index contributed by atoms with van der Waals surface area (Å²) < 4.78 is 31.3. The smallest absolute Gasteiger partial charge is 0.229 e. The number of ether oxygens (including phenoxy) is 1. The summed E-state index contributed by atoms with van der Waals surface area (Å²) in [7, 11) is -1.82. The van der Waals surface area contributed by atoms with Crippen LogP contribution in [0.5, 0.6) is 5.75 Å². The van der Waals surface area contributed by atoms with E-state index in [1.165, 1.54) is 0 Å². The van der Waals surface area contributed by atoms with Gasteiger partial charge in [0.25, 0.3) is 0 Å². The number of nitrogens with zero attached hydrogens (tertiary/aromatic N) is 1. The Balaban J connectivity index is 0.00000192. The minimum Gasteiger partial charge on any atom is -0.495 e. The number of aromatic nitrogens is 2. The van der Waals surface area contributed by atoms with Crippen molar-refractivity contribution in [3.8, 4) is 5.75 Å². The number of imidazole rings is 1. The Hall–Kier alpha value is -1.73. The van der Waals surface area contributed by atoms with Crippen molar-refractivity contribution in [3.63, 3.8) is 0 Å². The van der Waals surface area contributed by atoms with Crippen LogP contribution in [0.1, 0.15) is 35.6 Å². The first kappa shape index (κ1) is 17.6. The lowest BCUT2D eigenvalue weighted by Crippen LogP contribution is -2.17. The Morgan fingerprint density at radius 3 is 2.78 bits per heavy atom. The lowest BCUT2D eigenvalue weighted by atomic mass is 9.80. The molecule has 1 unspecified atom stereocenters. The second-order valence-corrected chi connectivity index (χ2v) is 7.27. The van der Waals surface area contributed by atoms with E-state index in [0.717, 1.165) is 42.3 Å². The van der Waals surface area contributed by atoms with Gasteiger partial charge in [0.1, 0.15) is 5.75 Å². The fraction of sp³-hybridized carbons (Fsp3) is 0.400. The number of H-pyrrole nitrogens is 1. The van der Waals surface area contributed by atoms with Crippen LogP contribution in [-0.2, 0) is 16.4 Å². The number of benzene rings is 1. The highest BCUT2D eigenvalue weighted by molar-refractivity contribution is 7.92. The van der Waals surface area contributed by atoms with Crippen LogP contribution in [0.25, 0.3) is 0 Å². The molecule has 1 heterocycles. The summed E-state index contributed by atoms with van der Waals surface area (Å²) in [6.07, 6.45) is 7.53. The number of fused-ring (bicyclic) bond motifs is 1. The standard InChI is InChI=1S/C15H19N3O3S.ClH/c1-21-14-7-6-10-11(13-8-16-9-17-13)4-3-5-12(10)15(14)18-22(2,19)20;/h6-9,11,18H,3-5H2,1-2H3,(H,16,17);1H. The van der Waals surface area contributed by atoms with Crippen LogP contribution in [-0.4, -0.2) is 31.8 Å². The van der Waals surface area contributed by atoms with Gasteiger partial charge in [-0.1, -0.05) is 6.07 Å². The number of hydrogen-bond acceptors (Lipinski definition) is 4. The fourth-order valence-electron chi connectivity index (χ4n) is 3.11. The predicted molar refractivity (Wildman–Crippen MR) is 92.1 cm³/mol. The minimum absolute atomic E-state index is 0. The molecule has 1 aromatic carbocycles. The molecule has 8 heteroatoms. The summed E-state index contributed by atoms with van der Waals surface area (Å²) in [6, 6.07) is 3.83. The maximum absolute atomic E-state index is 11.7. The monoisotopic (exact) mass is 357 g/mol. The zero-order valence-corrected chi connectivity index (χ0v) is 14.6. The first-order valence-electron chi connectivity index (χ1n) is 7.16. The van der Waals surface area contributed by atoms with Crippen molar-refractivity contribution in [3.05, 3.63) is 41.5 Å². The Kier molecular flexibility index (Phi) is 5.21. The number of halogens is 1. The maximum Gasteiger partial charge on any atom is 0.229 e. The van der Waals surface area contributed by atoms with E-state index in [-0.39, 0.29) is 18.3 Å². The van der Waals surface area contributed by atoms with E-state index in [0.29, 0.717) is 11.4 Å². The second kappa shape index (κ2) is 6.80. The summed E-state index contributed by atoms with van der Waals surface area (Å²) in [6.45, 7) is 0. The van der Waals surface area contributed by atoms with E-state index in [2.05, 4.69) is 14.7 Å². The van der Waals surface area contributed by atoms with Crippen molar-refractivity contribution >= 4 is 28.1 Å². The van der Waals surface area contributed by atoms with E-state index in [4.69, 9.17) is 4.74 Å². The molecule has 0 bridgehead atoms. The number of aromatic amines is 1. The van der Waals surface area contributed by atoms with Crippen LogP contribution in [0, 0.1) is 0 Å². The molecular weight excluding hydrogens is 338 g/mol. The molecule has 3 rings (SSSR count). The number of hydrogen-bond donors (Lipinski definition) is 2. The SMILES string of the molecule is COc1ccc2c(c1NS(C)(=O)=O)CCCC2c1c[nH]cn1.Cl. The number of anilines is 1. The molecule has 6 nitrogen and oxygen atoms in total. The average molecular weight is 358 g/mol. The molecule has 0 saturated carbocycles. The third-order valence-corrected chi connectivity index (χ3v) is 4.56. The first-order valence-corrected chi connectivity index (χ1v) is 9.05. The van der Waals surface area contributed by atoms with Crippen LogP contribution in [0.4, 0.5) is 5.69 Å². The lowest BCUT2D eigenvalue weighted by molar-refractivity contribution is 0.415. The molecule has 2 aromatic rings. The van der Waals surface area contributed by atoms with E-state index in [9.17, 15) is 8.42 Å². The Labute approximate surface area is 142 Å². The van der Waals surface area contributed by atoms with Gasteiger partial charge >= 0.3 is 0 Å². The largest absolute Gasteiger partial charge is 0.495 e. The Morgan fingerprint density at radius 1 is 1.39 bits per heavy atom. The van der Waals surface area contributed by atoms with Crippen molar-refractivity contribution in [2.75, 3.05) is 18.1 Å². The Bertz CT molecular complexity index is 776. The molecule has 0 spiro atoms. The summed E-state index contributed by atoms with van der Waals surface area (Å²) in [5.74, 6) is 0.730. The highest BCUT2D eigenvalue weighted by Gasteiger charge is 2.27. The van der Waals surface area contributed by atoms with E-state index < -0.39 is 10.0 Å². The predicted octanol–water partition coefficient (Wildman–Crippen LogP) is 2.68. The number of methoxy groups -OCH3 is 1. The van der Waals surface area contributed by atoms with Crippen LogP contribution in [0.15, 0.2) is 24.7 Å². The first-order chi connectivity index (χ1) is 10.5. The highest BCUT2D eigenvalue weighted by Crippen LogP contribution is 2.42. The fourth-order valence-corrected chi connectivity index (χ4v) is 3.71. The van der Waals surface area contributed by atoms with E-state index >= 15 is 0 Å². The molecule has 23 heavy (non-hydrogen) atoms. The number of rotatable bonds is 4. The van der Waals surface area contributed by atoms with Gasteiger partial charge in [-0.05, 0) is 36.5 Å². The molecule has 1 aliphatic carbocycles. The van der Waals surface area contributed by atoms with Crippen LogP contribution >= 0.6 is 12.4 Å². The van der Waals surface area contributed by atoms with Gasteiger partial charge in [0.2, 0.25) is 10.0 Å². The number of nitrogens with one attached hydrogen (secondary N) is 2. The summed E-state index contributed by atoms with van der Waals surface area (Å²) in [5.41, 5.74) is 3.66. The van der Waals surface area contributed by atoms with Crippen molar-refractivity contribution in [2.24, 2.45) is 0 Å². The zero-order chi connectivity index (χ0) is 15.7. The molecule has 2 N–H and O–H groups in total. The second-order valence-electron chi connectivity index (χ2n) is 5.52. The van der Waals surface area contributed by atoms with Crippen molar-refractivity contribution in [1.82, 2.24) is 9.97 Å². The average Bonchev–Trinajstić information content (AvgIpc) is 2.99. The quantitative estimate of drug-likeness (QED) is 0.881. The Morgan fingerprint density at radius 2 is 2.17 bits per heavy atom. The molecule has 0 amide bonds. The summed E-state index contributed by atoms with van der Waals surface area (Å²) in [5, 5.41) is 0. The molecule has 126 valence electrons.